The Labute approximate surface area is 136 Å². The number of aromatic nitrogens is 3. The van der Waals surface area contributed by atoms with Gasteiger partial charge in [-0.3, -0.25) is 0 Å². The van der Waals surface area contributed by atoms with Gasteiger partial charge in [-0.25, -0.2) is 4.79 Å². The Morgan fingerprint density at radius 2 is 2.26 bits per heavy atom. The van der Waals surface area contributed by atoms with E-state index in [0.717, 1.165) is 31.6 Å². The van der Waals surface area contributed by atoms with E-state index in [1.54, 1.807) is 6.33 Å². The Morgan fingerprint density at radius 3 is 3.09 bits per heavy atom. The maximum Gasteiger partial charge on any atom is 0.318 e. The fourth-order valence-corrected chi connectivity index (χ4v) is 3.23. The number of carbonyl (C=O) groups is 1. The monoisotopic (exact) mass is 313 g/mol. The van der Waals surface area contributed by atoms with Crippen molar-refractivity contribution in [2.45, 2.75) is 45.3 Å². The number of fused-ring (bicyclic) bond motifs is 1. The van der Waals surface area contributed by atoms with Gasteiger partial charge in [0.15, 0.2) is 5.82 Å². The number of benzene rings is 1. The minimum Gasteiger partial charge on any atom is -0.331 e. The normalized spacial score (nSPS) is 16.7. The fraction of sp³-hybridized carbons (Fsp3) is 0.471. The summed E-state index contributed by atoms with van der Waals surface area (Å²) < 4.78 is 1.93. The molecule has 0 spiro atoms. The number of urea groups is 1. The van der Waals surface area contributed by atoms with Crippen LogP contribution in [0.25, 0.3) is 0 Å². The second kappa shape index (κ2) is 6.81. The lowest BCUT2D eigenvalue weighted by molar-refractivity contribution is 0.183. The molecule has 6 nitrogen and oxygen atoms in total. The highest BCUT2D eigenvalue weighted by molar-refractivity contribution is 5.74. The van der Waals surface area contributed by atoms with E-state index in [9.17, 15) is 4.79 Å². The van der Waals surface area contributed by atoms with E-state index in [2.05, 4.69) is 33.7 Å². The van der Waals surface area contributed by atoms with E-state index >= 15 is 0 Å². The maximum atomic E-state index is 12.5. The zero-order chi connectivity index (χ0) is 16.2. The molecule has 1 aromatic carbocycles. The molecule has 1 aromatic heterocycles. The van der Waals surface area contributed by atoms with Gasteiger partial charge < -0.3 is 14.8 Å². The molecular formula is C17H23N5O. The first-order valence-electron chi connectivity index (χ1n) is 8.16. The molecule has 0 bridgehead atoms. The van der Waals surface area contributed by atoms with Gasteiger partial charge in [-0.1, -0.05) is 24.3 Å². The van der Waals surface area contributed by atoms with Gasteiger partial charge >= 0.3 is 6.03 Å². The molecule has 1 aliphatic rings. The molecule has 1 atom stereocenters. The van der Waals surface area contributed by atoms with E-state index < -0.39 is 0 Å². The van der Waals surface area contributed by atoms with Gasteiger partial charge in [-0.15, -0.1) is 10.2 Å². The highest BCUT2D eigenvalue weighted by Gasteiger charge is 2.26. The van der Waals surface area contributed by atoms with E-state index in [4.69, 9.17) is 0 Å². The van der Waals surface area contributed by atoms with Crippen molar-refractivity contribution in [1.29, 1.82) is 0 Å². The van der Waals surface area contributed by atoms with Crippen LogP contribution in [-0.4, -0.2) is 32.7 Å². The van der Waals surface area contributed by atoms with Crippen molar-refractivity contribution in [1.82, 2.24) is 25.0 Å². The van der Waals surface area contributed by atoms with Crippen molar-refractivity contribution >= 4 is 6.03 Å². The molecule has 1 N–H and O–H groups in total. The summed E-state index contributed by atoms with van der Waals surface area (Å²) in [5, 5.41) is 10.9. The average Bonchev–Trinajstić information content (AvgIpc) is 3.06. The first kappa shape index (κ1) is 15.5. The number of nitrogens with one attached hydrogen (secondary N) is 1. The van der Waals surface area contributed by atoms with Crippen molar-refractivity contribution in [3.05, 3.63) is 47.5 Å². The quantitative estimate of drug-likeness (QED) is 0.943. The molecular weight excluding hydrogens is 290 g/mol. The van der Waals surface area contributed by atoms with E-state index in [-0.39, 0.29) is 12.1 Å². The van der Waals surface area contributed by atoms with Crippen LogP contribution in [0.2, 0.25) is 0 Å². The molecule has 2 amide bonds. The average molecular weight is 313 g/mol. The molecule has 0 radical (unpaired) electrons. The van der Waals surface area contributed by atoms with Gasteiger partial charge in [0, 0.05) is 13.6 Å². The maximum absolute atomic E-state index is 12.5. The number of nitrogens with zero attached hydrogens (tertiary/aromatic N) is 4. The molecule has 3 rings (SSSR count). The van der Waals surface area contributed by atoms with Gasteiger partial charge in [0.2, 0.25) is 0 Å². The molecule has 2 aromatic rings. The summed E-state index contributed by atoms with van der Waals surface area (Å²) in [4.78, 5) is 14.3. The Balaban J connectivity index is 1.66. The molecule has 1 heterocycles. The Hall–Kier alpha value is -2.37. The molecule has 122 valence electrons. The summed E-state index contributed by atoms with van der Waals surface area (Å²) >= 11 is 0. The number of hydrogen-bond acceptors (Lipinski definition) is 3. The second-order valence-corrected chi connectivity index (χ2v) is 5.91. The van der Waals surface area contributed by atoms with Crippen LogP contribution in [0.1, 0.15) is 42.8 Å². The van der Waals surface area contributed by atoms with Crippen LogP contribution in [0.3, 0.4) is 0 Å². The summed E-state index contributed by atoms with van der Waals surface area (Å²) in [6.45, 7) is 3.22. The molecule has 6 heteroatoms. The van der Waals surface area contributed by atoms with Crippen LogP contribution in [0, 0.1) is 0 Å². The van der Waals surface area contributed by atoms with Crippen molar-refractivity contribution < 1.29 is 4.79 Å². The fourth-order valence-electron chi connectivity index (χ4n) is 3.23. The van der Waals surface area contributed by atoms with Crippen LogP contribution in [0.5, 0.6) is 0 Å². The Morgan fingerprint density at radius 1 is 1.43 bits per heavy atom. The second-order valence-electron chi connectivity index (χ2n) is 5.91. The number of hydrogen-bond donors (Lipinski definition) is 1. The molecule has 23 heavy (non-hydrogen) atoms. The van der Waals surface area contributed by atoms with Crippen molar-refractivity contribution in [3.8, 4) is 0 Å². The van der Waals surface area contributed by atoms with E-state index in [0.29, 0.717) is 6.54 Å². The Bertz CT molecular complexity index is 681. The standard InChI is InChI=1S/C17H23N5O/c1-3-22-12-19-20-16(22)11-18-17(23)21(2)15-10-6-8-13-7-4-5-9-14(13)15/h4-5,7,9,12,15H,3,6,8,10-11H2,1-2H3,(H,18,23)/t15-/m0/s1. The van der Waals surface area contributed by atoms with E-state index in [1.165, 1.54) is 11.1 Å². The first-order valence-corrected chi connectivity index (χ1v) is 8.16. The number of carbonyl (C=O) groups excluding carboxylic acids is 1. The molecule has 0 saturated carbocycles. The van der Waals surface area contributed by atoms with Crippen molar-refractivity contribution in [2.75, 3.05) is 7.05 Å². The lowest BCUT2D eigenvalue weighted by atomic mass is 9.87. The minimum absolute atomic E-state index is 0.0719. The summed E-state index contributed by atoms with van der Waals surface area (Å²) in [7, 11) is 1.87. The van der Waals surface area contributed by atoms with Crippen LogP contribution in [0.4, 0.5) is 4.79 Å². The van der Waals surface area contributed by atoms with Crippen LogP contribution >= 0.6 is 0 Å². The third-order valence-corrected chi connectivity index (χ3v) is 4.56. The number of aryl methyl sites for hydroxylation is 2. The molecule has 0 saturated heterocycles. The summed E-state index contributed by atoms with van der Waals surface area (Å²) in [6.07, 6.45) is 4.90. The lowest BCUT2D eigenvalue weighted by Crippen LogP contribution is -2.40. The largest absolute Gasteiger partial charge is 0.331 e. The predicted molar refractivity (Wildman–Crippen MR) is 87.8 cm³/mol. The van der Waals surface area contributed by atoms with Crippen molar-refractivity contribution in [2.24, 2.45) is 0 Å². The van der Waals surface area contributed by atoms with Gasteiger partial charge in [-0.2, -0.15) is 0 Å². The van der Waals surface area contributed by atoms with E-state index in [1.807, 2.05) is 29.5 Å². The number of rotatable bonds is 4. The van der Waals surface area contributed by atoms with Crippen LogP contribution in [-0.2, 0) is 19.5 Å². The third-order valence-electron chi connectivity index (χ3n) is 4.56. The zero-order valence-electron chi connectivity index (χ0n) is 13.7. The summed E-state index contributed by atoms with van der Waals surface area (Å²) in [6, 6.07) is 8.49. The smallest absolute Gasteiger partial charge is 0.318 e. The third kappa shape index (κ3) is 3.21. The SMILES string of the molecule is CCn1cnnc1CNC(=O)N(C)[C@H]1CCCc2ccccc21. The molecule has 1 aliphatic carbocycles. The molecule has 0 aliphatic heterocycles. The molecule has 0 fully saturated rings. The topological polar surface area (TPSA) is 63.1 Å². The highest BCUT2D eigenvalue weighted by Crippen LogP contribution is 2.33. The zero-order valence-corrected chi connectivity index (χ0v) is 13.7. The van der Waals surface area contributed by atoms with Gasteiger partial charge in [0.25, 0.3) is 0 Å². The van der Waals surface area contributed by atoms with Gasteiger partial charge in [-0.05, 0) is 37.3 Å². The lowest BCUT2D eigenvalue weighted by Gasteiger charge is -2.33. The predicted octanol–water partition coefficient (Wildman–Crippen LogP) is 2.52. The summed E-state index contributed by atoms with van der Waals surface area (Å²) in [5.74, 6) is 0.776. The van der Waals surface area contributed by atoms with Crippen LogP contribution in [0.15, 0.2) is 30.6 Å². The minimum atomic E-state index is -0.0719. The highest BCUT2D eigenvalue weighted by atomic mass is 16.2. The summed E-state index contributed by atoms with van der Waals surface area (Å²) in [5.41, 5.74) is 2.63. The van der Waals surface area contributed by atoms with Crippen molar-refractivity contribution in [3.63, 3.8) is 0 Å². The first-order chi connectivity index (χ1) is 11.2. The van der Waals surface area contributed by atoms with Crippen LogP contribution < -0.4 is 5.32 Å². The van der Waals surface area contributed by atoms with Gasteiger partial charge in [0.1, 0.15) is 6.33 Å². The Kier molecular flexibility index (Phi) is 4.60. The van der Waals surface area contributed by atoms with Gasteiger partial charge in [0.05, 0.1) is 12.6 Å². The molecule has 0 unspecified atom stereocenters. The number of amides is 2.